The van der Waals surface area contributed by atoms with Crippen LogP contribution in [0.25, 0.3) is 0 Å². The van der Waals surface area contributed by atoms with E-state index in [-0.39, 0.29) is 17.8 Å². The Hall–Kier alpha value is -2.29. The number of ether oxygens (including phenoxy) is 2. The average Bonchev–Trinajstić information content (AvgIpc) is 3.22. The maximum atomic E-state index is 12.8. The Balaban J connectivity index is 2.04. The quantitative estimate of drug-likeness (QED) is 0.785. The van der Waals surface area contributed by atoms with E-state index >= 15 is 0 Å². The first kappa shape index (κ1) is 15.6. The lowest BCUT2D eigenvalue weighted by Gasteiger charge is -2.18. The Morgan fingerprint density at radius 1 is 1.09 bits per heavy atom. The molecule has 0 heterocycles. The van der Waals surface area contributed by atoms with E-state index < -0.39 is 5.41 Å². The molecule has 0 N–H and O–H groups in total. The van der Waals surface area contributed by atoms with Crippen LogP contribution in [0.4, 0.5) is 0 Å². The van der Waals surface area contributed by atoms with Crippen LogP contribution >= 0.6 is 0 Å². The molecule has 1 saturated carbocycles. The van der Waals surface area contributed by atoms with E-state index in [2.05, 4.69) is 19.1 Å². The second kappa shape index (κ2) is 6.07. The van der Waals surface area contributed by atoms with Crippen LogP contribution in [0.2, 0.25) is 0 Å². The number of esters is 1. The molecule has 2 aromatic rings. The molecule has 3 atom stereocenters. The zero-order valence-electron chi connectivity index (χ0n) is 13.8. The second-order valence-corrected chi connectivity index (χ2v) is 6.00. The molecule has 3 rings (SSSR count). The summed E-state index contributed by atoms with van der Waals surface area (Å²) in [6, 6.07) is 18.0. The maximum absolute atomic E-state index is 12.8. The molecule has 1 aliphatic carbocycles. The van der Waals surface area contributed by atoms with Crippen LogP contribution in [0, 0.1) is 5.92 Å². The average molecular weight is 310 g/mol. The zero-order valence-corrected chi connectivity index (χ0v) is 13.8. The number of carbonyl (C=O) groups excluding carboxylic acids is 1. The largest absolute Gasteiger partial charge is 0.497 e. The lowest BCUT2D eigenvalue weighted by atomic mass is 9.90. The summed E-state index contributed by atoms with van der Waals surface area (Å²) in [6.45, 7) is 4.37. The van der Waals surface area contributed by atoms with Gasteiger partial charge in [-0.3, -0.25) is 4.79 Å². The minimum absolute atomic E-state index is 0.133. The molecule has 0 aromatic heterocycles. The van der Waals surface area contributed by atoms with E-state index in [1.54, 1.807) is 7.11 Å². The highest BCUT2D eigenvalue weighted by Crippen LogP contribution is 2.66. The van der Waals surface area contributed by atoms with E-state index in [0.717, 1.165) is 11.3 Å². The number of hydrogen-bond acceptors (Lipinski definition) is 3. The molecular weight excluding hydrogens is 288 g/mol. The molecular formula is C20H22O3. The topological polar surface area (TPSA) is 35.5 Å². The van der Waals surface area contributed by atoms with Gasteiger partial charge in [-0.15, -0.1) is 0 Å². The standard InChI is InChI=1S/C20H22O3/c1-4-23-19(21)20(16-10-12-17(22-3)13-11-16)14(2)18(20)15-8-6-5-7-9-15/h5-14,18H,4H2,1-3H3. The lowest BCUT2D eigenvalue weighted by molar-refractivity contribution is -0.146. The van der Waals surface area contributed by atoms with Gasteiger partial charge in [0.15, 0.2) is 0 Å². The Kier molecular flexibility index (Phi) is 4.12. The summed E-state index contributed by atoms with van der Waals surface area (Å²) in [5.41, 5.74) is 1.59. The van der Waals surface area contributed by atoms with Gasteiger partial charge in [-0.1, -0.05) is 49.4 Å². The molecule has 120 valence electrons. The van der Waals surface area contributed by atoms with Crippen LogP contribution in [-0.2, 0) is 14.9 Å². The Labute approximate surface area is 137 Å². The molecule has 0 spiro atoms. The first-order valence-electron chi connectivity index (χ1n) is 8.03. The van der Waals surface area contributed by atoms with Crippen molar-refractivity contribution < 1.29 is 14.3 Å². The fourth-order valence-corrected chi connectivity index (χ4v) is 3.76. The highest BCUT2D eigenvalue weighted by molar-refractivity contribution is 5.90. The molecule has 0 radical (unpaired) electrons. The number of carbonyl (C=O) groups is 1. The van der Waals surface area contributed by atoms with Crippen LogP contribution in [0.5, 0.6) is 5.75 Å². The Morgan fingerprint density at radius 3 is 2.30 bits per heavy atom. The summed E-state index contributed by atoms with van der Waals surface area (Å²) in [4.78, 5) is 12.8. The van der Waals surface area contributed by atoms with Crippen LogP contribution < -0.4 is 4.74 Å². The van der Waals surface area contributed by atoms with Crippen molar-refractivity contribution in [1.82, 2.24) is 0 Å². The third kappa shape index (κ3) is 2.40. The van der Waals surface area contributed by atoms with Crippen molar-refractivity contribution in [2.45, 2.75) is 25.2 Å². The fourth-order valence-electron chi connectivity index (χ4n) is 3.76. The first-order valence-corrected chi connectivity index (χ1v) is 8.03. The van der Waals surface area contributed by atoms with Gasteiger partial charge in [0.2, 0.25) is 0 Å². The Morgan fingerprint density at radius 2 is 1.74 bits per heavy atom. The number of benzene rings is 2. The molecule has 0 saturated heterocycles. The van der Waals surface area contributed by atoms with E-state index in [1.807, 2.05) is 49.4 Å². The second-order valence-electron chi connectivity index (χ2n) is 6.00. The highest BCUT2D eigenvalue weighted by Gasteiger charge is 2.69. The van der Waals surface area contributed by atoms with E-state index in [0.29, 0.717) is 6.61 Å². The molecule has 3 heteroatoms. The molecule has 2 aromatic carbocycles. The zero-order chi connectivity index (χ0) is 16.4. The molecule has 1 fully saturated rings. The third-order valence-corrected chi connectivity index (χ3v) is 4.94. The summed E-state index contributed by atoms with van der Waals surface area (Å²) in [6.07, 6.45) is 0. The van der Waals surface area contributed by atoms with Gasteiger partial charge in [-0.2, -0.15) is 0 Å². The van der Waals surface area contributed by atoms with Gasteiger partial charge < -0.3 is 9.47 Å². The number of methoxy groups -OCH3 is 1. The third-order valence-electron chi connectivity index (χ3n) is 4.94. The lowest BCUT2D eigenvalue weighted by Crippen LogP contribution is -2.26. The summed E-state index contributed by atoms with van der Waals surface area (Å²) in [7, 11) is 1.64. The summed E-state index contributed by atoms with van der Waals surface area (Å²) in [5, 5.41) is 0. The highest BCUT2D eigenvalue weighted by atomic mass is 16.5. The summed E-state index contributed by atoms with van der Waals surface area (Å²) < 4.78 is 10.7. The molecule has 3 nitrogen and oxygen atoms in total. The molecule has 0 amide bonds. The van der Waals surface area contributed by atoms with Crippen LogP contribution in [0.3, 0.4) is 0 Å². The van der Waals surface area contributed by atoms with Gasteiger partial charge in [0, 0.05) is 5.92 Å². The van der Waals surface area contributed by atoms with Crippen molar-refractivity contribution in [2.24, 2.45) is 5.92 Å². The van der Waals surface area contributed by atoms with Crippen molar-refractivity contribution >= 4 is 5.97 Å². The van der Waals surface area contributed by atoms with Crippen molar-refractivity contribution in [2.75, 3.05) is 13.7 Å². The van der Waals surface area contributed by atoms with Gasteiger partial charge in [0.1, 0.15) is 11.2 Å². The number of hydrogen-bond donors (Lipinski definition) is 0. The Bertz CT molecular complexity index is 678. The SMILES string of the molecule is CCOC(=O)C1(c2ccc(OC)cc2)C(C)C1c1ccccc1. The predicted molar refractivity (Wildman–Crippen MR) is 89.7 cm³/mol. The van der Waals surface area contributed by atoms with Gasteiger partial charge in [-0.25, -0.2) is 0 Å². The first-order chi connectivity index (χ1) is 11.2. The van der Waals surface area contributed by atoms with E-state index in [4.69, 9.17) is 9.47 Å². The molecule has 0 bridgehead atoms. The molecule has 23 heavy (non-hydrogen) atoms. The van der Waals surface area contributed by atoms with Gasteiger partial charge in [0.25, 0.3) is 0 Å². The van der Waals surface area contributed by atoms with Crippen LogP contribution in [-0.4, -0.2) is 19.7 Å². The molecule has 0 aliphatic heterocycles. The summed E-state index contributed by atoms with van der Waals surface area (Å²) >= 11 is 0. The van der Waals surface area contributed by atoms with E-state index in [9.17, 15) is 4.79 Å². The van der Waals surface area contributed by atoms with Crippen LogP contribution in [0.1, 0.15) is 30.9 Å². The maximum Gasteiger partial charge on any atom is 0.317 e. The van der Waals surface area contributed by atoms with Gasteiger partial charge >= 0.3 is 5.97 Å². The van der Waals surface area contributed by atoms with Gasteiger partial charge in [-0.05, 0) is 36.1 Å². The normalized spacial score (nSPS) is 25.7. The van der Waals surface area contributed by atoms with Gasteiger partial charge in [0.05, 0.1) is 13.7 Å². The predicted octanol–water partition coefficient (Wildman–Crippen LogP) is 3.93. The monoisotopic (exact) mass is 310 g/mol. The van der Waals surface area contributed by atoms with Crippen molar-refractivity contribution in [3.8, 4) is 5.75 Å². The molecule has 3 unspecified atom stereocenters. The minimum atomic E-state index is -0.594. The fraction of sp³-hybridized carbons (Fsp3) is 0.350. The molecule has 1 aliphatic rings. The summed E-state index contributed by atoms with van der Waals surface area (Å²) in [5.74, 6) is 1.01. The van der Waals surface area contributed by atoms with Crippen molar-refractivity contribution in [3.05, 3.63) is 65.7 Å². The van der Waals surface area contributed by atoms with Crippen molar-refractivity contribution in [3.63, 3.8) is 0 Å². The van der Waals surface area contributed by atoms with Crippen LogP contribution in [0.15, 0.2) is 54.6 Å². The van der Waals surface area contributed by atoms with E-state index in [1.165, 1.54) is 5.56 Å². The number of rotatable bonds is 5. The minimum Gasteiger partial charge on any atom is -0.497 e. The van der Waals surface area contributed by atoms with Crippen molar-refractivity contribution in [1.29, 1.82) is 0 Å². The smallest absolute Gasteiger partial charge is 0.317 e.